The Morgan fingerprint density at radius 1 is 1.22 bits per heavy atom. The van der Waals surface area contributed by atoms with E-state index in [0.717, 1.165) is 17.3 Å². The number of rotatable bonds is 5. The van der Waals surface area contributed by atoms with Gasteiger partial charge in [0.1, 0.15) is 5.82 Å². The van der Waals surface area contributed by atoms with Crippen LogP contribution in [0.15, 0.2) is 52.8 Å². The number of hydrogen-bond donors (Lipinski definition) is 2. The summed E-state index contributed by atoms with van der Waals surface area (Å²) in [6.45, 7) is 0.371. The molecule has 2 aromatic carbocycles. The molecular weight excluding hydrogens is 366 g/mol. The van der Waals surface area contributed by atoms with Crippen LogP contribution in [0, 0.1) is 5.82 Å². The zero-order chi connectivity index (χ0) is 19.4. The maximum atomic E-state index is 13.3. The Morgan fingerprint density at radius 3 is 2.74 bits per heavy atom. The minimum absolute atomic E-state index is 0.0599. The molecule has 2 aromatic rings. The van der Waals surface area contributed by atoms with Crippen LogP contribution in [0.3, 0.4) is 0 Å². The Kier molecular flexibility index (Phi) is 5.24. The molecule has 0 aliphatic carbocycles. The van der Waals surface area contributed by atoms with Crippen molar-refractivity contribution < 1.29 is 22.4 Å². The minimum Gasteiger partial charge on any atom is -0.326 e. The fraction of sp³-hybridized carbons (Fsp3) is 0.235. The third-order valence-electron chi connectivity index (χ3n) is 3.86. The number of nitrogens with zero attached hydrogens (tertiary/aromatic N) is 3. The highest BCUT2D eigenvalue weighted by atomic mass is 19.4. The van der Waals surface area contributed by atoms with Crippen molar-refractivity contribution in [2.45, 2.75) is 19.0 Å². The van der Waals surface area contributed by atoms with Crippen molar-refractivity contribution in [2.24, 2.45) is 10.3 Å². The molecule has 0 aromatic heterocycles. The van der Waals surface area contributed by atoms with E-state index in [-0.39, 0.29) is 12.1 Å². The van der Waals surface area contributed by atoms with Crippen LogP contribution < -0.4 is 15.9 Å². The van der Waals surface area contributed by atoms with E-state index in [1.807, 2.05) is 24.3 Å². The van der Waals surface area contributed by atoms with Gasteiger partial charge in [-0.3, -0.25) is 4.79 Å². The molecule has 0 unspecified atom stereocenters. The lowest BCUT2D eigenvalue weighted by molar-refractivity contribution is -0.140. The highest BCUT2D eigenvalue weighted by Gasteiger charge is 2.34. The molecule has 1 heterocycles. The first-order valence-corrected chi connectivity index (χ1v) is 7.98. The minimum atomic E-state index is -4.83. The quantitative estimate of drug-likeness (QED) is 0.768. The Labute approximate surface area is 151 Å². The summed E-state index contributed by atoms with van der Waals surface area (Å²) in [7, 11) is 0. The van der Waals surface area contributed by atoms with Gasteiger partial charge in [-0.25, -0.2) is 9.40 Å². The monoisotopic (exact) mass is 381 g/mol. The maximum Gasteiger partial charge on any atom is 0.419 e. The molecule has 27 heavy (non-hydrogen) atoms. The second kappa shape index (κ2) is 7.60. The third kappa shape index (κ3) is 4.72. The second-order valence-corrected chi connectivity index (χ2v) is 5.82. The van der Waals surface area contributed by atoms with E-state index in [9.17, 15) is 22.4 Å². The van der Waals surface area contributed by atoms with Gasteiger partial charge in [-0.2, -0.15) is 18.7 Å². The van der Waals surface area contributed by atoms with Gasteiger partial charge in [0.15, 0.2) is 6.67 Å². The lowest BCUT2D eigenvalue weighted by atomic mass is 10.1. The van der Waals surface area contributed by atoms with Crippen molar-refractivity contribution >= 4 is 17.3 Å². The highest BCUT2D eigenvalue weighted by Crippen LogP contribution is 2.33. The van der Waals surface area contributed by atoms with Crippen LogP contribution in [0.4, 0.5) is 28.9 Å². The van der Waals surface area contributed by atoms with Crippen molar-refractivity contribution in [1.82, 2.24) is 5.53 Å². The molecule has 0 radical (unpaired) electrons. The Balaban J connectivity index is 1.60. The van der Waals surface area contributed by atoms with Gasteiger partial charge in [-0.05, 0) is 42.3 Å². The SMILES string of the molecule is O=C(CCc1cccc(N2CN=NN2)c1)Nc1ccc(F)c(C(F)(F)F)c1. The zero-order valence-corrected chi connectivity index (χ0v) is 13.9. The number of hydrogen-bond acceptors (Lipinski definition) is 5. The maximum absolute atomic E-state index is 13.3. The first-order valence-electron chi connectivity index (χ1n) is 7.98. The van der Waals surface area contributed by atoms with Gasteiger partial charge >= 0.3 is 6.18 Å². The Hall–Kier alpha value is -3.17. The fourth-order valence-electron chi connectivity index (χ4n) is 2.53. The van der Waals surface area contributed by atoms with Crippen LogP contribution in [0.25, 0.3) is 0 Å². The van der Waals surface area contributed by atoms with Crippen molar-refractivity contribution in [3.8, 4) is 0 Å². The van der Waals surface area contributed by atoms with Crippen LogP contribution in [-0.4, -0.2) is 12.6 Å². The Bertz CT molecular complexity index is 861. The molecular formula is C17H15F4N5O. The number of hydrazine groups is 1. The van der Waals surface area contributed by atoms with Gasteiger partial charge in [0.25, 0.3) is 0 Å². The third-order valence-corrected chi connectivity index (χ3v) is 3.86. The van der Waals surface area contributed by atoms with Crippen LogP contribution in [0.5, 0.6) is 0 Å². The van der Waals surface area contributed by atoms with E-state index in [1.165, 1.54) is 0 Å². The molecule has 1 aliphatic heterocycles. The summed E-state index contributed by atoms with van der Waals surface area (Å²) in [5, 5.41) is 11.5. The standard InChI is InChI=1S/C17H15F4N5O/c18-15-6-5-12(9-14(15)17(19,20)21)23-16(27)7-4-11-2-1-3-13(8-11)26-10-22-24-25-26/h1-3,5-6,8-9H,4,7,10H2,(H,22,25)(H,23,27). The van der Waals surface area contributed by atoms with E-state index in [2.05, 4.69) is 21.2 Å². The molecule has 0 saturated carbocycles. The molecule has 0 spiro atoms. The van der Waals surface area contributed by atoms with Crippen LogP contribution in [-0.2, 0) is 17.4 Å². The fourth-order valence-corrected chi connectivity index (χ4v) is 2.53. The van der Waals surface area contributed by atoms with Crippen LogP contribution >= 0.6 is 0 Å². The number of nitrogens with one attached hydrogen (secondary N) is 2. The first kappa shape index (κ1) is 18.6. The molecule has 1 amide bonds. The number of amides is 1. The van der Waals surface area contributed by atoms with Crippen molar-refractivity contribution in [3.63, 3.8) is 0 Å². The average Bonchev–Trinajstić information content (AvgIpc) is 3.16. The number of halogens is 4. The van der Waals surface area contributed by atoms with Gasteiger partial charge in [0.2, 0.25) is 5.91 Å². The number of carbonyl (C=O) groups excluding carboxylic acids is 1. The molecule has 1 aliphatic rings. The van der Waals surface area contributed by atoms with Crippen LogP contribution in [0.2, 0.25) is 0 Å². The van der Waals surface area contributed by atoms with Crippen molar-refractivity contribution in [2.75, 3.05) is 17.0 Å². The highest BCUT2D eigenvalue weighted by molar-refractivity contribution is 5.90. The number of benzene rings is 2. The van der Waals surface area contributed by atoms with E-state index < -0.39 is 23.5 Å². The second-order valence-electron chi connectivity index (χ2n) is 5.82. The normalized spacial score (nSPS) is 13.6. The summed E-state index contributed by atoms with van der Waals surface area (Å²) in [5.74, 6) is -1.85. The summed E-state index contributed by atoms with van der Waals surface area (Å²) < 4.78 is 51.5. The van der Waals surface area contributed by atoms with Gasteiger partial charge in [0, 0.05) is 12.1 Å². The van der Waals surface area contributed by atoms with E-state index in [4.69, 9.17) is 0 Å². The molecule has 6 nitrogen and oxygen atoms in total. The number of alkyl halides is 3. The summed E-state index contributed by atoms with van der Waals surface area (Å²) >= 11 is 0. The molecule has 0 saturated heterocycles. The van der Waals surface area contributed by atoms with Gasteiger partial charge in [-0.1, -0.05) is 17.4 Å². The summed E-state index contributed by atoms with van der Waals surface area (Å²) in [6.07, 6.45) is -4.38. The molecule has 0 bridgehead atoms. The smallest absolute Gasteiger partial charge is 0.326 e. The van der Waals surface area contributed by atoms with Gasteiger partial charge in [0.05, 0.1) is 11.3 Å². The largest absolute Gasteiger partial charge is 0.419 e. The summed E-state index contributed by atoms with van der Waals surface area (Å²) in [4.78, 5) is 12.0. The first-order chi connectivity index (χ1) is 12.8. The number of anilines is 2. The summed E-state index contributed by atoms with van der Waals surface area (Å²) in [6, 6.07) is 9.72. The van der Waals surface area contributed by atoms with E-state index in [0.29, 0.717) is 25.2 Å². The Morgan fingerprint density at radius 2 is 2.04 bits per heavy atom. The lowest BCUT2D eigenvalue weighted by Crippen LogP contribution is -2.29. The van der Waals surface area contributed by atoms with Crippen LogP contribution in [0.1, 0.15) is 17.5 Å². The lowest BCUT2D eigenvalue weighted by Gasteiger charge is -2.15. The van der Waals surface area contributed by atoms with E-state index >= 15 is 0 Å². The van der Waals surface area contributed by atoms with Gasteiger partial charge < -0.3 is 5.32 Å². The zero-order valence-electron chi connectivity index (χ0n) is 13.9. The number of carbonyl (C=O) groups is 1. The molecule has 0 atom stereocenters. The molecule has 142 valence electrons. The van der Waals surface area contributed by atoms with Gasteiger partial charge in [-0.15, -0.1) is 5.11 Å². The van der Waals surface area contributed by atoms with Crippen molar-refractivity contribution in [1.29, 1.82) is 0 Å². The molecule has 3 rings (SSSR count). The number of aryl methyl sites for hydroxylation is 1. The predicted octanol–water partition coefficient (Wildman–Crippen LogP) is 4.07. The molecule has 10 heteroatoms. The summed E-state index contributed by atoms with van der Waals surface area (Å²) in [5.41, 5.74) is 2.88. The predicted molar refractivity (Wildman–Crippen MR) is 90.1 cm³/mol. The molecule has 0 fully saturated rings. The molecule has 2 N–H and O–H groups in total. The van der Waals surface area contributed by atoms with Crippen molar-refractivity contribution in [3.05, 3.63) is 59.4 Å². The topological polar surface area (TPSA) is 69.1 Å². The average molecular weight is 381 g/mol. The van der Waals surface area contributed by atoms with E-state index in [1.54, 1.807) is 5.01 Å².